The van der Waals surface area contributed by atoms with Gasteiger partial charge in [0.1, 0.15) is 0 Å². The lowest BCUT2D eigenvalue weighted by atomic mass is 10.7. The molecule has 1 aliphatic rings. The molecule has 0 spiro atoms. The van der Waals surface area contributed by atoms with Crippen molar-refractivity contribution in [3.63, 3.8) is 0 Å². The molecule has 0 unspecified atom stereocenters. The SMILES string of the molecule is C1=CSONC1. The monoisotopic (exact) mass is 103 g/mol. The molecule has 0 saturated heterocycles. The van der Waals surface area contributed by atoms with Crippen LogP contribution >= 0.6 is 12.0 Å². The Hall–Kier alpha value is 0.01000. The summed E-state index contributed by atoms with van der Waals surface area (Å²) in [5.74, 6) is 0. The fourth-order valence-electron chi connectivity index (χ4n) is 0.231. The molecule has 1 heterocycles. The van der Waals surface area contributed by atoms with Crippen molar-refractivity contribution in [2.24, 2.45) is 0 Å². The zero-order chi connectivity index (χ0) is 4.24. The van der Waals surface area contributed by atoms with Gasteiger partial charge in [0.25, 0.3) is 0 Å². The third kappa shape index (κ3) is 1.01. The van der Waals surface area contributed by atoms with Gasteiger partial charge < -0.3 is 0 Å². The summed E-state index contributed by atoms with van der Waals surface area (Å²) in [4.78, 5) is 0. The van der Waals surface area contributed by atoms with Gasteiger partial charge in [-0.15, -0.1) is 0 Å². The molecule has 0 atom stereocenters. The Labute approximate surface area is 40.7 Å². The van der Waals surface area contributed by atoms with Gasteiger partial charge in [0.2, 0.25) is 0 Å². The van der Waals surface area contributed by atoms with Crippen LogP contribution in [0.1, 0.15) is 0 Å². The molecule has 0 radical (unpaired) electrons. The lowest BCUT2D eigenvalue weighted by Crippen LogP contribution is -2.11. The molecule has 6 heavy (non-hydrogen) atoms. The first kappa shape index (κ1) is 4.18. The topological polar surface area (TPSA) is 21.3 Å². The number of hydroxylamine groups is 1. The summed E-state index contributed by atoms with van der Waals surface area (Å²) in [6.45, 7) is 0.826. The molecule has 0 aromatic carbocycles. The van der Waals surface area contributed by atoms with E-state index in [0.29, 0.717) is 0 Å². The zero-order valence-corrected chi connectivity index (χ0v) is 3.99. The zero-order valence-electron chi connectivity index (χ0n) is 3.18. The van der Waals surface area contributed by atoms with Crippen LogP contribution in [0.15, 0.2) is 11.5 Å². The summed E-state index contributed by atoms with van der Waals surface area (Å²) in [6.07, 6.45) is 1.99. The van der Waals surface area contributed by atoms with E-state index in [1.807, 2.05) is 11.5 Å². The van der Waals surface area contributed by atoms with Crippen LogP contribution in [0.4, 0.5) is 0 Å². The summed E-state index contributed by atoms with van der Waals surface area (Å²) >= 11 is 1.30. The third-order valence-electron chi connectivity index (χ3n) is 0.460. The average Bonchev–Trinajstić information content (AvgIpc) is 1.72. The normalized spacial score (nSPS) is 21.3. The fraction of sp³-hybridized carbons (Fsp3) is 0.333. The molecule has 0 aromatic rings. The van der Waals surface area contributed by atoms with Crippen LogP contribution in [-0.4, -0.2) is 6.54 Å². The first-order chi connectivity index (χ1) is 3.00. The van der Waals surface area contributed by atoms with E-state index in [-0.39, 0.29) is 0 Å². The van der Waals surface area contributed by atoms with Crippen LogP contribution in [-0.2, 0) is 4.28 Å². The fourth-order valence-corrected chi connectivity index (χ4v) is 0.598. The molecule has 0 amide bonds. The minimum absolute atomic E-state index is 0.826. The van der Waals surface area contributed by atoms with E-state index in [1.54, 1.807) is 0 Å². The van der Waals surface area contributed by atoms with Crippen LogP contribution in [0, 0.1) is 0 Å². The molecule has 1 N–H and O–H groups in total. The van der Waals surface area contributed by atoms with E-state index in [1.165, 1.54) is 12.0 Å². The maximum absolute atomic E-state index is 4.65. The van der Waals surface area contributed by atoms with Crippen LogP contribution in [0.2, 0.25) is 0 Å². The lowest BCUT2D eigenvalue weighted by Gasteiger charge is -2.00. The van der Waals surface area contributed by atoms with E-state index in [2.05, 4.69) is 9.76 Å². The van der Waals surface area contributed by atoms with Crippen molar-refractivity contribution in [1.82, 2.24) is 5.48 Å². The van der Waals surface area contributed by atoms with Gasteiger partial charge in [-0.2, -0.15) is 5.48 Å². The molecular weight excluding hydrogens is 98.1 g/mol. The van der Waals surface area contributed by atoms with Gasteiger partial charge in [-0.25, -0.2) is 4.28 Å². The second-order valence-electron chi connectivity index (χ2n) is 0.900. The Balaban J connectivity index is 2.26. The van der Waals surface area contributed by atoms with Crippen molar-refractivity contribution in [3.8, 4) is 0 Å². The Bertz CT molecular complexity index is 55.8. The highest BCUT2D eigenvalue weighted by molar-refractivity contribution is 7.97. The Morgan fingerprint density at radius 1 is 1.83 bits per heavy atom. The van der Waals surface area contributed by atoms with Crippen LogP contribution in [0.3, 0.4) is 0 Å². The number of rotatable bonds is 0. The second-order valence-corrected chi connectivity index (χ2v) is 1.53. The Morgan fingerprint density at radius 2 is 2.83 bits per heavy atom. The van der Waals surface area contributed by atoms with Gasteiger partial charge in [-0.1, -0.05) is 6.08 Å². The van der Waals surface area contributed by atoms with Gasteiger partial charge >= 0.3 is 0 Å². The minimum atomic E-state index is 0.826. The van der Waals surface area contributed by atoms with Gasteiger partial charge in [-0.3, -0.25) is 0 Å². The van der Waals surface area contributed by atoms with Gasteiger partial charge in [-0.05, 0) is 5.41 Å². The first-order valence-electron chi connectivity index (χ1n) is 1.70. The van der Waals surface area contributed by atoms with Crippen molar-refractivity contribution in [1.29, 1.82) is 0 Å². The standard InChI is InChI=1S/C3H5NOS/c1-2-4-5-6-3-1/h1,3-4H,2H2. The highest BCUT2D eigenvalue weighted by atomic mass is 32.2. The van der Waals surface area contributed by atoms with Crippen LogP contribution in [0.5, 0.6) is 0 Å². The highest BCUT2D eigenvalue weighted by Crippen LogP contribution is 2.03. The number of nitrogens with one attached hydrogen (secondary N) is 1. The Morgan fingerprint density at radius 3 is 3.00 bits per heavy atom. The van der Waals surface area contributed by atoms with Gasteiger partial charge in [0.05, 0.1) is 0 Å². The summed E-state index contributed by atoms with van der Waals surface area (Å²) in [7, 11) is 0. The molecule has 1 aliphatic heterocycles. The molecule has 0 fully saturated rings. The summed E-state index contributed by atoms with van der Waals surface area (Å²) in [5.41, 5.74) is 2.66. The minimum Gasteiger partial charge on any atom is -0.227 e. The molecule has 2 nitrogen and oxygen atoms in total. The van der Waals surface area contributed by atoms with E-state index in [4.69, 9.17) is 0 Å². The smallest absolute Gasteiger partial charge is 0.0441 e. The predicted octanol–water partition coefficient (Wildman–Crippen LogP) is 0.683. The summed E-state index contributed by atoms with van der Waals surface area (Å²) in [5, 5.41) is 1.90. The predicted molar refractivity (Wildman–Crippen MR) is 25.8 cm³/mol. The van der Waals surface area contributed by atoms with Crippen LogP contribution in [0.25, 0.3) is 0 Å². The highest BCUT2D eigenvalue weighted by Gasteiger charge is 1.85. The van der Waals surface area contributed by atoms with Gasteiger partial charge in [0, 0.05) is 18.6 Å². The molecular formula is C3H5NOS. The van der Waals surface area contributed by atoms with E-state index < -0.39 is 0 Å². The molecule has 0 aliphatic carbocycles. The maximum Gasteiger partial charge on any atom is 0.0441 e. The Kier molecular flexibility index (Phi) is 1.55. The molecule has 0 bridgehead atoms. The maximum atomic E-state index is 4.65. The number of hydrogen-bond acceptors (Lipinski definition) is 3. The average molecular weight is 103 g/mol. The largest absolute Gasteiger partial charge is 0.227 e. The summed E-state index contributed by atoms with van der Waals surface area (Å²) < 4.78 is 4.65. The molecule has 0 saturated carbocycles. The van der Waals surface area contributed by atoms with E-state index in [9.17, 15) is 0 Å². The molecule has 0 aromatic heterocycles. The van der Waals surface area contributed by atoms with Crippen LogP contribution < -0.4 is 5.48 Å². The molecule has 34 valence electrons. The number of hydrogen-bond donors (Lipinski definition) is 1. The van der Waals surface area contributed by atoms with Crippen molar-refractivity contribution in [2.75, 3.05) is 6.54 Å². The van der Waals surface area contributed by atoms with Crippen molar-refractivity contribution < 1.29 is 4.28 Å². The lowest BCUT2D eigenvalue weighted by molar-refractivity contribution is 0.253. The second kappa shape index (κ2) is 2.23. The summed E-state index contributed by atoms with van der Waals surface area (Å²) in [6, 6.07) is 0. The quantitative estimate of drug-likeness (QED) is 0.455. The molecule has 1 rings (SSSR count). The third-order valence-corrected chi connectivity index (χ3v) is 0.978. The van der Waals surface area contributed by atoms with Crippen molar-refractivity contribution in [2.45, 2.75) is 0 Å². The first-order valence-corrected chi connectivity index (χ1v) is 2.51. The van der Waals surface area contributed by atoms with E-state index >= 15 is 0 Å². The van der Waals surface area contributed by atoms with Gasteiger partial charge in [0.15, 0.2) is 0 Å². The molecule has 3 heteroatoms. The van der Waals surface area contributed by atoms with Crippen molar-refractivity contribution in [3.05, 3.63) is 11.5 Å². The van der Waals surface area contributed by atoms with Crippen molar-refractivity contribution >= 4 is 12.0 Å². The van der Waals surface area contributed by atoms with E-state index in [0.717, 1.165) is 6.54 Å².